The molecule has 7 nitrogen and oxygen atoms in total. The van der Waals surface area contributed by atoms with Gasteiger partial charge in [0.2, 0.25) is 5.91 Å². The molecule has 2 N–H and O–H groups in total. The van der Waals surface area contributed by atoms with E-state index < -0.39 is 10.5 Å². The highest BCUT2D eigenvalue weighted by Gasteiger charge is 2.22. The van der Waals surface area contributed by atoms with Crippen molar-refractivity contribution in [2.45, 2.75) is 18.9 Å². The topological polar surface area (TPSA) is 95.7 Å². The van der Waals surface area contributed by atoms with Gasteiger partial charge in [0, 0.05) is 25.2 Å². The highest BCUT2D eigenvalue weighted by Crippen LogP contribution is 2.12. The minimum Gasteiger partial charge on any atom is -0.387 e. The van der Waals surface area contributed by atoms with E-state index in [0.29, 0.717) is 12.1 Å². The largest absolute Gasteiger partial charge is 0.387 e. The van der Waals surface area contributed by atoms with E-state index in [1.165, 1.54) is 12.1 Å². The number of hydrogen-bond acceptors (Lipinski definition) is 5. The number of carbonyl (C=O) groups excluding carboxylic acids is 1. The van der Waals surface area contributed by atoms with Crippen LogP contribution in [0.15, 0.2) is 24.3 Å². The Hall–Kier alpha value is -1.99. The molecule has 7 heteroatoms. The van der Waals surface area contributed by atoms with E-state index in [2.05, 4.69) is 5.32 Å². The highest BCUT2D eigenvalue weighted by atomic mass is 16.6. The molecule has 0 spiro atoms. The van der Waals surface area contributed by atoms with Gasteiger partial charge in [-0.3, -0.25) is 14.9 Å². The Bertz CT molecular complexity index is 497. The van der Waals surface area contributed by atoms with Crippen molar-refractivity contribution in [3.05, 3.63) is 39.9 Å². The van der Waals surface area contributed by atoms with Crippen molar-refractivity contribution in [2.24, 2.45) is 0 Å². The number of nitrogens with one attached hydrogen (secondary N) is 1. The van der Waals surface area contributed by atoms with Crippen molar-refractivity contribution in [2.75, 3.05) is 27.2 Å². The van der Waals surface area contributed by atoms with E-state index >= 15 is 0 Å². The van der Waals surface area contributed by atoms with E-state index in [1.54, 1.807) is 19.1 Å². The molecule has 0 bridgehead atoms. The Morgan fingerprint density at radius 1 is 1.38 bits per heavy atom. The van der Waals surface area contributed by atoms with Gasteiger partial charge in [0.05, 0.1) is 16.9 Å². The summed E-state index contributed by atoms with van der Waals surface area (Å²) >= 11 is 0. The molecule has 1 atom stereocenters. The van der Waals surface area contributed by atoms with Crippen LogP contribution in [0.3, 0.4) is 0 Å². The fraction of sp³-hybridized carbons (Fsp3) is 0.500. The summed E-state index contributed by atoms with van der Waals surface area (Å²) in [6.07, 6.45) is 0.121. The van der Waals surface area contributed by atoms with Crippen LogP contribution in [-0.4, -0.2) is 53.6 Å². The van der Waals surface area contributed by atoms with Crippen LogP contribution < -0.4 is 5.32 Å². The van der Waals surface area contributed by atoms with Crippen molar-refractivity contribution in [3.8, 4) is 0 Å². The number of nitro groups is 1. The Labute approximate surface area is 123 Å². The number of amides is 1. The number of benzene rings is 1. The maximum Gasteiger partial charge on any atom is 0.269 e. The van der Waals surface area contributed by atoms with Gasteiger partial charge in [0.1, 0.15) is 0 Å². The summed E-state index contributed by atoms with van der Waals surface area (Å²) in [4.78, 5) is 23.7. The lowest BCUT2D eigenvalue weighted by Gasteiger charge is -2.27. The zero-order valence-corrected chi connectivity index (χ0v) is 12.5. The lowest BCUT2D eigenvalue weighted by Crippen LogP contribution is -2.47. The summed E-state index contributed by atoms with van der Waals surface area (Å²) in [5, 5.41) is 23.3. The van der Waals surface area contributed by atoms with Gasteiger partial charge >= 0.3 is 0 Å². The summed E-state index contributed by atoms with van der Waals surface area (Å²) < 4.78 is 0. The molecular formula is C14H21N3O4. The number of nitro benzene ring substituents is 1. The fourth-order valence-electron chi connectivity index (χ4n) is 2.01. The zero-order valence-electron chi connectivity index (χ0n) is 12.5. The molecule has 0 fully saturated rings. The van der Waals surface area contributed by atoms with Gasteiger partial charge in [-0.15, -0.1) is 0 Å². The number of hydrogen-bond donors (Lipinski definition) is 2. The second-order valence-electron chi connectivity index (χ2n) is 5.61. The van der Waals surface area contributed by atoms with E-state index in [4.69, 9.17) is 0 Å². The van der Waals surface area contributed by atoms with Crippen LogP contribution in [-0.2, 0) is 11.2 Å². The molecule has 1 aromatic rings. The van der Waals surface area contributed by atoms with Crippen LogP contribution in [0.25, 0.3) is 0 Å². The van der Waals surface area contributed by atoms with Crippen LogP contribution in [0.1, 0.15) is 12.5 Å². The van der Waals surface area contributed by atoms with Gasteiger partial charge in [0.15, 0.2) is 0 Å². The van der Waals surface area contributed by atoms with E-state index in [-0.39, 0.29) is 24.6 Å². The molecule has 1 rings (SSSR count). The summed E-state index contributed by atoms with van der Waals surface area (Å²) in [6.45, 7) is 2.24. The molecular weight excluding hydrogens is 274 g/mol. The number of aliphatic hydroxyl groups is 1. The van der Waals surface area contributed by atoms with Crippen molar-refractivity contribution in [3.63, 3.8) is 0 Å². The van der Waals surface area contributed by atoms with Gasteiger partial charge in [0.25, 0.3) is 5.69 Å². The standard InChI is InChI=1S/C14H21N3O4/c1-14(19,10-16(2)3)9-15-13(18)8-11-4-6-12(7-5-11)17(20)21/h4-7,19H,8-10H2,1-3H3,(H,15,18). The molecule has 116 valence electrons. The van der Waals surface area contributed by atoms with Gasteiger partial charge in [-0.1, -0.05) is 12.1 Å². The van der Waals surface area contributed by atoms with Crippen LogP contribution in [0.5, 0.6) is 0 Å². The third-order valence-corrected chi connectivity index (χ3v) is 2.84. The quantitative estimate of drug-likeness (QED) is 0.566. The molecule has 1 unspecified atom stereocenters. The first-order valence-corrected chi connectivity index (χ1v) is 6.57. The molecule has 0 aromatic heterocycles. The maximum absolute atomic E-state index is 11.8. The van der Waals surface area contributed by atoms with Gasteiger partial charge in [-0.25, -0.2) is 0 Å². The molecule has 1 amide bonds. The number of likely N-dealkylation sites (N-methyl/N-ethyl adjacent to an activating group) is 1. The number of rotatable bonds is 7. The van der Waals surface area contributed by atoms with Crippen LogP contribution in [0.2, 0.25) is 0 Å². The third-order valence-electron chi connectivity index (χ3n) is 2.84. The summed E-state index contributed by atoms with van der Waals surface area (Å²) in [5.41, 5.74) is -0.326. The molecule has 0 aliphatic rings. The van der Waals surface area contributed by atoms with Gasteiger partial charge in [-0.2, -0.15) is 0 Å². The monoisotopic (exact) mass is 295 g/mol. The Balaban J connectivity index is 2.48. The molecule has 0 saturated carbocycles. The second-order valence-corrected chi connectivity index (χ2v) is 5.61. The van der Waals surface area contributed by atoms with Crippen molar-refractivity contribution < 1.29 is 14.8 Å². The zero-order chi connectivity index (χ0) is 16.0. The van der Waals surface area contributed by atoms with Gasteiger partial charge in [-0.05, 0) is 26.6 Å². The Morgan fingerprint density at radius 3 is 2.43 bits per heavy atom. The van der Waals surface area contributed by atoms with Crippen molar-refractivity contribution in [1.82, 2.24) is 10.2 Å². The SMILES string of the molecule is CN(C)CC(C)(O)CNC(=O)Cc1ccc([N+](=O)[O-])cc1. The molecule has 0 heterocycles. The van der Waals surface area contributed by atoms with Crippen molar-refractivity contribution in [1.29, 1.82) is 0 Å². The molecule has 0 radical (unpaired) electrons. The van der Waals surface area contributed by atoms with Gasteiger partial charge < -0.3 is 15.3 Å². The minimum absolute atomic E-state index is 0.00641. The average Bonchev–Trinajstić information content (AvgIpc) is 2.36. The first kappa shape index (κ1) is 17.1. The highest BCUT2D eigenvalue weighted by molar-refractivity contribution is 5.78. The lowest BCUT2D eigenvalue weighted by atomic mass is 10.1. The minimum atomic E-state index is -1.01. The van der Waals surface area contributed by atoms with Crippen LogP contribution >= 0.6 is 0 Å². The smallest absolute Gasteiger partial charge is 0.269 e. The second kappa shape index (κ2) is 7.14. The number of carbonyl (C=O) groups is 1. The fourth-order valence-corrected chi connectivity index (χ4v) is 2.01. The van der Waals surface area contributed by atoms with E-state index in [1.807, 2.05) is 19.0 Å². The van der Waals surface area contributed by atoms with E-state index in [0.717, 1.165) is 0 Å². The molecule has 0 saturated heterocycles. The molecule has 21 heavy (non-hydrogen) atoms. The van der Waals surface area contributed by atoms with E-state index in [9.17, 15) is 20.0 Å². The Kier molecular flexibility index (Phi) is 5.80. The summed E-state index contributed by atoms with van der Waals surface area (Å²) in [5.74, 6) is -0.233. The summed E-state index contributed by atoms with van der Waals surface area (Å²) in [7, 11) is 3.68. The summed E-state index contributed by atoms with van der Waals surface area (Å²) in [6, 6.07) is 5.83. The normalized spacial score (nSPS) is 13.8. The number of nitrogens with zero attached hydrogens (tertiary/aromatic N) is 2. The predicted molar refractivity (Wildman–Crippen MR) is 79.0 cm³/mol. The van der Waals surface area contributed by atoms with Crippen LogP contribution in [0.4, 0.5) is 5.69 Å². The average molecular weight is 295 g/mol. The molecule has 1 aromatic carbocycles. The number of non-ortho nitro benzene ring substituents is 1. The molecule has 0 aliphatic carbocycles. The van der Waals surface area contributed by atoms with Crippen LogP contribution in [0, 0.1) is 10.1 Å². The first-order chi connectivity index (χ1) is 9.69. The molecule has 0 aliphatic heterocycles. The van der Waals surface area contributed by atoms with Crippen molar-refractivity contribution >= 4 is 11.6 Å². The first-order valence-electron chi connectivity index (χ1n) is 6.57. The Morgan fingerprint density at radius 2 is 1.95 bits per heavy atom. The predicted octanol–water partition coefficient (Wildman–Crippen LogP) is 0.566. The lowest BCUT2D eigenvalue weighted by molar-refractivity contribution is -0.384. The third kappa shape index (κ3) is 6.33. The maximum atomic E-state index is 11.8.